The first-order valence-corrected chi connectivity index (χ1v) is 8.89. The van der Waals surface area contributed by atoms with E-state index >= 15 is 0 Å². The van der Waals surface area contributed by atoms with Gasteiger partial charge in [0.1, 0.15) is 22.8 Å². The van der Waals surface area contributed by atoms with Gasteiger partial charge in [-0.05, 0) is 42.3 Å². The maximum Gasteiger partial charge on any atom is 0.149 e. The first-order valence-electron chi connectivity index (χ1n) is 8.89. The molecule has 0 radical (unpaired) electrons. The Labute approximate surface area is 157 Å². The Morgan fingerprint density at radius 2 is 1.67 bits per heavy atom. The van der Waals surface area contributed by atoms with Crippen molar-refractivity contribution in [1.29, 1.82) is 0 Å². The normalized spacial score (nSPS) is 10.7. The Hall–Kier alpha value is -3.40. The van der Waals surface area contributed by atoms with E-state index in [9.17, 15) is 4.39 Å². The first kappa shape index (κ1) is 17.0. The first-order chi connectivity index (χ1) is 13.3. The zero-order valence-corrected chi connectivity index (χ0v) is 14.7. The fourth-order valence-corrected chi connectivity index (χ4v) is 3.05. The molecule has 3 aromatic carbocycles. The summed E-state index contributed by atoms with van der Waals surface area (Å²) in [7, 11) is 0. The van der Waals surface area contributed by atoms with Gasteiger partial charge in [0.2, 0.25) is 0 Å². The second-order valence-corrected chi connectivity index (χ2v) is 6.19. The summed E-state index contributed by atoms with van der Waals surface area (Å²) >= 11 is 0. The lowest BCUT2D eigenvalue weighted by atomic mass is 10.1. The highest BCUT2D eigenvalue weighted by Gasteiger charge is 2.07. The third kappa shape index (κ3) is 3.90. The van der Waals surface area contributed by atoms with Gasteiger partial charge in [-0.2, -0.15) is 0 Å². The van der Waals surface area contributed by atoms with Crippen LogP contribution in [0.15, 0.2) is 85.1 Å². The highest BCUT2D eigenvalue weighted by Crippen LogP contribution is 2.26. The van der Waals surface area contributed by atoms with Crippen LogP contribution in [0, 0.1) is 5.82 Å². The summed E-state index contributed by atoms with van der Waals surface area (Å²) < 4.78 is 19.9. The van der Waals surface area contributed by atoms with Gasteiger partial charge in [-0.25, -0.2) is 4.39 Å². The molecule has 4 rings (SSSR count). The number of para-hydroxylation sites is 3. The number of hydrogen-bond donors (Lipinski definition) is 1. The van der Waals surface area contributed by atoms with Crippen LogP contribution < -0.4 is 10.1 Å². The van der Waals surface area contributed by atoms with Gasteiger partial charge in [-0.1, -0.05) is 48.5 Å². The molecule has 1 N–H and O–H groups in total. The Morgan fingerprint density at radius 3 is 2.56 bits per heavy atom. The third-order valence-corrected chi connectivity index (χ3v) is 4.38. The largest absolute Gasteiger partial charge is 0.457 e. The second-order valence-electron chi connectivity index (χ2n) is 6.19. The fourth-order valence-electron chi connectivity index (χ4n) is 3.05. The highest BCUT2D eigenvalue weighted by molar-refractivity contribution is 5.91. The molecule has 0 saturated carbocycles. The molecule has 27 heavy (non-hydrogen) atoms. The lowest BCUT2D eigenvalue weighted by molar-refractivity contribution is 0.476. The molecule has 4 heteroatoms. The van der Waals surface area contributed by atoms with Gasteiger partial charge < -0.3 is 10.1 Å². The second kappa shape index (κ2) is 7.87. The fraction of sp³-hybridized carbons (Fsp3) is 0.0870. The van der Waals surface area contributed by atoms with Crippen molar-refractivity contribution in [3.8, 4) is 11.5 Å². The van der Waals surface area contributed by atoms with Crippen molar-refractivity contribution >= 4 is 16.6 Å². The van der Waals surface area contributed by atoms with E-state index in [4.69, 9.17) is 4.74 Å². The number of pyridine rings is 1. The van der Waals surface area contributed by atoms with Crippen molar-refractivity contribution in [3.05, 3.63) is 96.4 Å². The van der Waals surface area contributed by atoms with Gasteiger partial charge in [0.15, 0.2) is 0 Å². The number of aromatic nitrogens is 1. The molecule has 134 valence electrons. The minimum absolute atomic E-state index is 0.308. The Kier molecular flexibility index (Phi) is 4.97. The maximum absolute atomic E-state index is 13.9. The van der Waals surface area contributed by atoms with Gasteiger partial charge in [0.05, 0.1) is 0 Å². The van der Waals surface area contributed by atoms with Gasteiger partial charge in [-0.15, -0.1) is 0 Å². The smallest absolute Gasteiger partial charge is 0.149 e. The summed E-state index contributed by atoms with van der Waals surface area (Å²) in [6, 6.07) is 24.6. The number of benzene rings is 3. The Morgan fingerprint density at radius 1 is 0.852 bits per heavy atom. The number of ether oxygens (including phenoxy) is 1. The summed E-state index contributed by atoms with van der Waals surface area (Å²) in [5.74, 6) is 1.35. The average Bonchev–Trinajstić information content (AvgIpc) is 2.71. The van der Waals surface area contributed by atoms with Crippen molar-refractivity contribution in [3.63, 3.8) is 0 Å². The monoisotopic (exact) mass is 358 g/mol. The summed E-state index contributed by atoms with van der Waals surface area (Å²) in [6.45, 7) is 0.699. The summed E-state index contributed by atoms with van der Waals surface area (Å²) in [5.41, 5.74) is 2.37. The molecule has 0 amide bonds. The third-order valence-electron chi connectivity index (χ3n) is 4.38. The van der Waals surface area contributed by atoms with Crippen molar-refractivity contribution in [2.24, 2.45) is 0 Å². The molecule has 3 nitrogen and oxygen atoms in total. The lowest BCUT2D eigenvalue weighted by Gasteiger charge is -2.13. The number of fused-ring (bicyclic) bond motifs is 1. The molecular formula is C23H19FN2O. The molecule has 0 atom stereocenters. The van der Waals surface area contributed by atoms with E-state index in [0.717, 1.165) is 34.6 Å². The van der Waals surface area contributed by atoms with Crippen LogP contribution in [0.5, 0.6) is 11.5 Å². The number of halogens is 1. The van der Waals surface area contributed by atoms with E-state index in [-0.39, 0.29) is 5.82 Å². The molecule has 1 aromatic heterocycles. The Balaban J connectivity index is 1.48. The molecule has 0 aliphatic heterocycles. The molecule has 1 heterocycles. The quantitative estimate of drug-likeness (QED) is 0.471. The standard InChI is InChI=1S/C23H19FN2O/c24-20-11-6-10-19-21(14-16-26-23(19)20)25-15-13-17-7-4-5-12-22(17)27-18-8-2-1-3-9-18/h1-12,14,16H,13,15H2,(H,25,26). The summed E-state index contributed by atoms with van der Waals surface area (Å²) in [4.78, 5) is 4.13. The van der Waals surface area contributed by atoms with Crippen LogP contribution >= 0.6 is 0 Å². The van der Waals surface area contributed by atoms with Crippen molar-refractivity contribution in [1.82, 2.24) is 4.98 Å². The van der Waals surface area contributed by atoms with Crippen LogP contribution in [0.3, 0.4) is 0 Å². The van der Waals surface area contributed by atoms with E-state index in [1.165, 1.54) is 6.07 Å². The van der Waals surface area contributed by atoms with Gasteiger partial charge in [0.25, 0.3) is 0 Å². The Bertz CT molecular complexity index is 1050. The molecule has 0 fully saturated rings. The minimum atomic E-state index is -0.308. The molecule has 0 spiro atoms. The number of anilines is 1. The highest BCUT2D eigenvalue weighted by atomic mass is 19.1. The minimum Gasteiger partial charge on any atom is -0.457 e. The van der Waals surface area contributed by atoms with Gasteiger partial charge >= 0.3 is 0 Å². The maximum atomic E-state index is 13.9. The van der Waals surface area contributed by atoms with E-state index in [1.807, 2.05) is 60.7 Å². The van der Waals surface area contributed by atoms with E-state index in [1.54, 1.807) is 12.3 Å². The average molecular weight is 358 g/mol. The number of rotatable bonds is 6. The predicted molar refractivity (Wildman–Crippen MR) is 107 cm³/mol. The van der Waals surface area contributed by atoms with Crippen molar-refractivity contribution in [2.45, 2.75) is 6.42 Å². The number of nitrogens with one attached hydrogen (secondary N) is 1. The summed E-state index contributed by atoms with van der Waals surface area (Å²) in [6.07, 6.45) is 2.41. The molecular weight excluding hydrogens is 339 g/mol. The molecule has 0 unspecified atom stereocenters. The molecule has 0 aliphatic carbocycles. The van der Waals surface area contributed by atoms with Crippen molar-refractivity contribution in [2.75, 3.05) is 11.9 Å². The molecule has 0 saturated heterocycles. The molecule has 0 aliphatic rings. The van der Waals surface area contributed by atoms with Gasteiger partial charge in [0, 0.05) is 23.8 Å². The van der Waals surface area contributed by atoms with Crippen LogP contribution in [0.25, 0.3) is 10.9 Å². The van der Waals surface area contributed by atoms with Crippen molar-refractivity contribution < 1.29 is 9.13 Å². The van der Waals surface area contributed by atoms with Crippen LogP contribution in [-0.2, 0) is 6.42 Å². The lowest BCUT2D eigenvalue weighted by Crippen LogP contribution is -2.06. The molecule has 0 bridgehead atoms. The van der Waals surface area contributed by atoms with E-state index in [2.05, 4.69) is 16.4 Å². The molecule has 4 aromatic rings. The predicted octanol–water partition coefficient (Wildman–Crippen LogP) is 5.82. The van der Waals surface area contributed by atoms with Gasteiger partial charge in [-0.3, -0.25) is 4.98 Å². The summed E-state index contributed by atoms with van der Waals surface area (Å²) in [5, 5.41) is 4.18. The SMILES string of the molecule is Fc1cccc2c(NCCc3ccccc3Oc3ccccc3)ccnc12. The number of nitrogens with zero attached hydrogens (tertiary/aromatic N) is 1. The zero-order valence-electron chi connectivity index (χ0n) is 14.7. The van der Waals surface area contributed by atoms with Crippen LogP contribution in [-0.4, -0.2) is 11.5 Å². The van der Waals surface area contributed by atoms with E-state index in [0.29, 0.717) is 12.1 Å². The van der Waals surface area contributed by atoms with E-state index < -0.39 is 0 Å². The van der Waals surface area contributed by atoms with Crippen LogP contribution in [0.1, 0.15) is 5.56 Å². The topological polar surface area (TPSA) is 34.1 Å². The van der Waals surface area contributed by atoms with Crippen LogP contribution in [0.4, 0.5) is 10.1 Å². The zero-order chi connectivity index (χ0) is 18.5. The van der Waals surface area contributed by atoms with Crippen LogP contribution in [0.2, 0.25) is 0 Å². The number of hydrogen-bond acceptors (Lipinski definition) is 3.